The van der Waals surface area contributed by atoms with Crippen LogP contribution in [0.25, 0.3) is 0 Å². The standard InChI is InChI=1S/C28H23N3O5S/c1-19(27(32)29-21-13-15-25(16-14-21)36-24-10-3-2-4-11-24)37-26-12-6-8-22(18-26)30-28(33)20-7-5-9-23(17-20)31(34)35/h2-19H,1H3,(H,29,32)(H,30,33). The van der Waals surface area contributed by atoms with Crippen LogP contribution in [0.2, 0.25) is 0 Å². The van der Waals surface area contributed by atoms with Gasteiger partial charge in [-0.15, -0.1) is 11.8 Å². The molecular weight excluding hydrogens is 490 g/mol. The molecule has 2 N–H and O–H groups in total. The number of non-ortho nitro benzene ring substituents is 1. The van der Waals surface area contributed by atoms with Crippen molar-refractivity contribution >= 4 is 40.6 Å². The molecule has 0 saturated carbocycles. The van der Waals surface area contributed by atoms with Gasteiger partial charge >= 0.3 is 0 Å². The molecule has 0 aliphatic carbocycles. The Hall–Kier alpha value is -4.63. The fraction of sp³-hybridized carbons (Fsp3) is 0.0714. The van der Waals surface area contributed by atoms with E-state index in [2.05, 4.69) is 10.6 Å². The molecule has 0 aromatic heterocycles. The summed E-state index contributed by atoms with van der Waals surface area (Å²) in [5, 5.41) is 16.2. The van der Waals surface area contributed by atoms with Crippen LogP contribution in [0, 0.1) is 10.1 Å². The first-order valence-electron chi connectivity index (χ1n) is 11.3. The van der Waals surface area contributed by atoms with E-state index in [0.29, 0.717) is 17.1 Å². The zero-order valence-corrected chi connectivity index (χ0v) is 20.6. The van der Waals surface area contributed by atoms with Gasteiger partial charge in [0.1, 0.15) is 11.5 Å². The average Bonchev–Trinajstić information content (AvgIpc) is 2.90. The number of nitro benzene ring substituents is 1. The van der Waals surface area contributed by atoms with Gasteiger partial charge in [0, 0.05) is 34.0 Å². The van der Waals surface area contributed by atoms with Crippen LogP contribution in [0.1, 0.15) is 17.3 Å². The van der Waals surface area contributed by atoms with Crippen molar-refractivity contribution in [3.63, 3.8) is 0 Å². The van der Waals surface area contributed by atoms with Gasteiger partial charge in [-0.1, -0.05) is 30.3 Å². The van der Waals surface area contributed by atoms with Crippen LogP contribution in [-0.2, 0) is 4.79 Å². The highest BCUT2D eigenvalue weighted by Gasteiger charge is 2.16. The summed E-state index contributed by atoms with van der Waals surface area (Å²) in [4.78, 5) is 36.5. The highest BCUT2D eigenvalue weighted by Crippen LogP contribution is 2.28. The average molecular weight is 514 g/mol. The van der Waals surface area contributed by atoms with Crippen LogP contribution in [0.15, 0.2) is 108 Å². The summed E-state index contributed by atoms with van der Waals surface area (Å²) in [5.41, 5.74) is 1.19. The molecule has 0 fully saturated rings. The zero-order chi connectivity index (χ0) is 26.2. The van der Waals surface area contributed by atoms with E-state index in [1.807, 2.05) is 36.4 Å². The van der Waals surface area contributed by atoms with Crippen molar-refractivity contribution in [2.75, 3.05) is 10.6 Å². The van der Waals surface area contributed by atoms with Crippen molar-refractivity contribution in [3.8, 4) is 11.5 Å². The third kappa shape index (κ3) is 7.18. The lowest BCUT2D eigenvalue weighted by molar-refractivity contribution is -0.384. The molecule has 37 heavy (non-hydrogen) atoms. The van der Waals surface area contributed by atoms with Crippen LogP contribution < -0.4 is 15.4 Å². The summed E-state index contributed by atoms with van der Waals surface area (Å²) >= 11 is 1.34. The predicted octanol–water partition coefficient (Wildman–Crippen LogP) is 6.76. The third-order valence-electron chi connectivity index (χ3n) is 5.19. The second-order valence-electron chi connectivity index (χ2n) is 7.98. The van der Waals surface area contributed by atoms with Gasteiger partial charge in [0.15, 0.2) is 0 Å². The molecule has 4 aromatic carbocycles. The van der Waals surface area contributed by atoms with Gasteiger partial charge in [0.25, 0.3) is 11.6 Å². The number of ether oxygens (including phenoxy) is 1. The topological polar surface area (TPSA) is 111 Å². The lowest BCUT2D eigenvalue weighted by Crippen LogP contribution is -2.22. The fourth-order valence-corrected chi connectivity index (χ4v) is 4.27. The summed E-state index contributed by atoms with van der Waals surface area (Å²) in [5.74, 6) is 0.757. The molecule has 0 aliphatic rings. The lowest BCUT2D eigenvalue weighted by Gasteiger charge is -2.13. The second kappa shape index (κ2) is 11.9. The number of hydrogen-bond donors (Lipinski definition) is 2. The van der Waals surface area contributed by atoms with Crippen LogP contribution in [0.3, 0.4) is 0 Å². The second-order valence-corrected chi connectivity index (χ2v) is 9.39. The SMILES string of the molecule is CC(Sc1cccc(NC(=O)c2cccc([N+](=O)[O-])c2)c1)C(=O)Nc1ccc(Oc2ccccc2)cc1. The van der Waals surface area contributed by atoms with Crippen molar-refractivity contribution in [3.05, 3.63) is 119 Å². The monoisotopic (exact) mass is 513 g/mol. The van der Waals surface area contributed by atoms with Crippen molar-refractivity contribution < 1.29 is 19.2 Å². The first-order chi connectivity index (χ1) is 17.9. The molecule has 8 nitrogen and oxygen atoms in total. The van der Waals surface area contributed by atoms with Crippen LogP contribution in [0.4, 0.5) is 17.1 Å². The number of rotatable bonds is 9. The third-order valence-corrected chi connectivity index (χ3v) is 6.29. The smallest absolute Gasteiger partial charge is 0.270 e. The van der Waals surface area contributed by atoms with E-state index in [1.165, 1.54) is 36.0 Å². The summed E-state index contributed by atoms with van der Waals surface area (Å²) in [6, 6.07) is 29.1. The first-order valence-corrected chi connectivity index (χ1v) is 12.2. The quantitative estimate of drug-likeness (QED) is 0.145. The molecule has 9 heteroatoms. The number of carbonyl (C=O) groups excluding carboxylic acids is 2. The van der Waals surface area contributed by atoms with E-state index in [-0.39, 0.29) is 17.2 Å². The minimum absolute atomic E-state index is 0.157. The highest BCUT2D eigenvalue weighted by atomic mass is 32.2. The van der Waals surface area contributed by atoms with E-state index in [0.717, 1.165) is 10.6 Å². The van der Waals surface area contributed by atoms with E-state index in [9.17, 15) is 19.7 Å². The normalized spacial score (nSPS) is 11.3. The molecule has 0 heterocycles. The van der Waals surface area contributed by atoms with Crippen LogP contribution >= 0.6 is 11.8 Å². The van der Waals surface area contributed by atoms with Gasteiger partial charge < -0.3 is 15.4 Å². The van der Waals surface area contributed by atoms with Crippen molar-refractivity contribution in [2.45, 2.75) is 17.1 Å². The number of amides is 2. The Bertz CT molecular complexity index is 1410. The molecular formula is C28H23N3O5S. The van der Waals surface area contributed by atoms with Crippen LogP contribution in [0.5, 0.6) is 11.5 Å². The van der Waals surface area contributed by atoms with E-state index < -0.39 is 16.1 Å². The minimum atomic E-state index is -0.548. The number of carbonyl (C=O) groups is 2. The maximum atomic E-state index is 12.7. The molecule has 4 aromatic rings. The van der Waals surface area contributed by atoms with E-state index in [1.54, 1.807) is 49.4 Å². The largest absolute Gasteiger partial charge is 0.457 e. The molecule has 4 rings (SSSR count). The van der Waals surface area contributed by atoms with Crippen molar-refractivity contribution in [1.82, 2.24) is 0 Å². The van der Waals surface area contributed by atoms with Gasteiger partial charge in [0.05, 0.1) is 10.2 Å². The maximum absolute atomic E-state index is 12.7. The maximum Gasteiger partial charge on any atom is 0.270 e. The molecule has 186 valence electrons. The lowest BCUT2D eigenvalue weighted by atomic mass is 10.2. The molecule has 0 radical (unpaired) electrons. The summed E-state index contributed by atoms with van der Waals surface area (Å²) in [6.07, 6.45) is 0. The number of benzene rings is 4. The van der Waals surface area contributed by atoms with Gasteiger partial charge in [0.2, 0.25) is 5.91 Å². The highest BCUT2D eigenvalue weighted by molar-refractivity contribution is 8.00. The van der Waals surface area contributed by atoms with E-state index >= 15 is 0 Å². The number of hydrogen-bond acceptors (Lipinski definition) is 6. The Balaban J connectivity index is 1.33. The molecule has 1 atom stereocenters. The molecule has 2 amide bonds. The number of nitrogens with one attached hydrogen (secondary N) is 2. The van der Waals surface area contributed by atoms with Crippen LogP contribution in [-0.4, -0.2) is 22.0 Å². The summed E-state index contributed by atoms with van der Waals surface area (Å²) in [6.45, 7) is 1.79. The Labute approximate surface area is 217 Å². The first kappa shape index (κ1) is 25.5. The number of thioether (sulfide) groups is 1. The fourth-order valence-electron chi connectivity index (χ4n) is 3.34. The number of para-hydroxylation sites is 1. The van der Waals surface area contributed by atoms with Crippen molar-refractivity contribution in [2.24, 2.45) is 0 Å². The summed E-state index contributed by atoms with van der Waals surface area (Å²) < 4.78 is 5.77. The van der Waals surface area contributed by atoms with Crippen molar-refractivity contribution in [1.29, 1.82) is 0 Å². The molecule has 0 bridgehead atoms. The molecule has 0 aliphatic heterocycles. The summed E-state index contributed by atoms with van der Waals surface area (Å²) in [7, 11) is 0. The Morgan fingerprint density at radius 2 is 1.51 bits per heavy atom. The number of anilines is 2. The van der Waals surface area contributed by atoms with E-state index in [4.69, 9.17) is 4.74 Å². The van der Waals surface area contributed by atoms with Gasteiger partial charge in [-0.05, 0) is 67.6 Å². The predicted molar refractivity (Wildman–Crippen MR) is 144 cm³/mol. The Morgan fingerprint density at radius 3 is 2.24 bits per heavy atom. The number of nitrogens with zero attached hydrogens (tertiary/aromatic N) is 1. The Kier molecular flexibility index (Phi) is 8.17. The van der Waals surface area contributed by atoms with Gasteiger partial charge in [-0.25, -0.2) is 0 Å². The minimum Gasteiger partial charge on any atom is -0.457 e. The zero-order valence-electron chi connectivity index (χ0n) is 19.8. The molecule has 0 saturated heterocycles. The Morgan fingerprint density at radius 1 is 0.811 bits per heavy atom. The molecule has 0 spiro atoms. The van der Waals surface area contributed by atoms with Gasteiger partial charge in [-0.2, -0.15) is 0 Å². The molecule has 1 unspecified atom stereocenters. The van der Waals surface area contributed by atoms with Gasteiger partial charge in [-0.3, -0.25) is 19.7 Å². The number of nitro groups is 1.